The Kier molecular flexibility index (Phi) is 7.46. The summed E-state index contributed by atoms with van der Waals surface area (Å²) >= 11 is 0. The van der Waals surface area contributed by atoms with E-state index in [1.54, 1.807) is 25.3 Å². The number of amides is 1. The van der Waals surface area contributed by atoms with E-state index in [4.69, 9.17) is 25.2 Å². The van der Waals surface area contributed by atoms with Crippen molar-refractivity contribution in [1.29, 1.82) is 0 Å². The molecule has 200 valence electrons. The standard InChI is InChI=1S/C26H31B4N7O3/c1-39-17-5-2-4-16-21(17)34-24(31)35-22(16)23(38)36-26(29,30)19-7-3-6-18(33-19)25(27,28)15-8-9-20(32-14-15)37-10-12-40-13-11-37/h2-9,14H,10-13,27-30H2,1H3,(H,36,38)(H2,31,34,35). The lowest BCUT2D eigenvalue weighted by Gasteiger charge is -2.31. The van der Waals surface area contributed by atoms with Gasteiger partial charge in [0.25, 0.3) is 5.91 Å². The Labute approximate surface area is 237 Å². The van der Waals surface area contributed by atoms with Crippen molar-refractivity contribution in [3.05, 3.63) is 77.4 Å². The maximum atomic E-state index is 13.5. The summed E-state index contributed by atoms with van der Waals surface area (Å²) in [6.07, 6.45) is 1.92. The van der Waals surface area contributed by atoms with Gasteiger partial charge in [-0.3, -0.25) is 9.78 Å². The molecule has 1 aromatic carbocycles. The first kappa shape index (κ1) is 27.5. The van der Waals surface area contributed by atoms with Gasteiger partial charge in [0.05, 0.1) is 20.3 Å². The molecule has 0 bridgehead atoms. The van der Waals surface area contributed by atoms with Gasteiger partial charge in [0.15, 0.2) is 0 Å². The lowest BCUT2D eigenvalue weighted by atomic mass is 9.49. The number of rotatable bonds is 7. The zero-order valence-corrected chi connectivity index (χ0v) is 23.6. The molecule has 0 aliphatic carbocycles. The number of carbonyl (C=O) groups is 1. The number of nitrogens with one attached hydrogen (secondary N) is 1. The SMILES string of the molecule is BC(B)(NC(=O)c1nc(N)nc2c(OC)cccc12)c1cccc(C(B)(B)c2ccc(N3CCOCC3)nc2)n1. The number of benzene rings is 1. The van der Waals surface area contributed by atoms with E-state index in [2.05, 4.69) is 48.0 Å². The molecule has 5 rings (SSSR count). The van der Waals surface area contributed by atoms with Gasteiger partial charge in [-0.2, -0.15) is 0 Å². The second-order valence-electron chi connectivity index (χ2n) is 10.9. The number of carbonyl (C=O) groups excluding carboxylic acids is 1. The first-order valence-electron chi connectivity index (χ1n) is 13.3. The second kappa shape index (κ2) is 10.8. The van der Waals surface area contributed by atoms with Crippen molar-refractivity contribution in [2.24, 2.45) is 0 Å². The van der Waals surface area contributed by atoms with Crippen molar-refractivity contribution < 1.29 is 14.3 Å². The molecule has 14 heteroatoms. The third-order valence-electron chi connectivity index (χ3n) is 7.40. The molecule has 1 fully saturated rings. The molecule has 0 unspecified atom stereocenters. The molecule has 0 radical (unpaired) electrons. The van der Waals surface area contributed by atoms with Crippen LogP contribution >= 0.6 is 0 Å². The Morgan fingerprint density at radius 2 is 1.73 bits per heavy atom. The number of hydrogen-bond donors (Lipinski definition) is 2. The predicted molar refractivity (Wildman–Crippen MR) is 166 cm³/mol. The smallest absolute Gasteiger partial charge is 0.270 e. The maximum absolute atomic E-state index is 13.5. The fourth-order valence-electron chi connectivity index (χ4n) is 4.90. The lowest BCUT2D eigenvalue weighted by Crippen LogP contribution is -2.48. The van der Waals surface area contributed by atoms with Crippen LogP contribution in [0.15, 0.2) is 54.7 Å². The minimum atomic E-state index is -0.813. The van der Waals surface area contributed by atoms with Crippen molar-refractivity contribution >= 4 is 60.0 Å². The van der Waals surface area contributed by atoms with Gasteiger partial charge >= 0.3 is 0 Å². The molecule has 1 saturated heterocycles. The Balaban J connectivity index is 1.40. The van der Waals surface area contributed by atoms with Gasteiger partial charge in [-0.15, -0.1) is 0 Å². The maximum Gasteiger partial charge on any atom is 0.270 e. The van der Waals surface area contributed by atoms with E-state index in [-0.39, 0.29) is 17.5 Å². The van der Waals surface area contributed by atoms with Crippen LogP contribution in [0.1, 0.15) is 27.4 Å². The van der Waals surface area contributed by atoms with Gasteiger partial charge in [-0.05, 0) is 35.0 Å². The molecule has 3 N–H and O–H groups in total. The number of hydrogen-bond acceptors (Lipinski definition) is 9. The molecule has 1 aliphatic heterocycles. The minimum absolute atomic E-state index is 0.00456. The van der Waals surface area contributed by atoms with Gasteiger partial charge in [0.2, 0.25) is 5.95 Å². The average Bonchev–Trinajstić information content (AvgIpc) is 2.96. The summed E-state index contributed by atoms with van der Waals surface area (Å²) in [6, 6.07) is 15.4. The van der Waals surface area contributed by atoms with E-state index in [0.717, 1.165) is 30.2 Å². The number of nitrogen functional groups attached to an aromatic ring is 1. The van der Waals surface area contributed by atoms with Gasteiger partial charge < -0.3 is 25.4 Å². The van der Waals surface area contributed by atoms with Crippen LogP contribution in [0.25, 0.3) is 10.9 Å². The van der Waals surface area contributed by atoms with Crippen molar-refractivity contribution in [3.8, 4) is 5.75 Å². The van der Waals surface area contributed by atoms with Gasteiger partial charge in [-0.25, -0.2) is 15.0 Å². The fraction of sp³-hybridized carbons (Fsp3) is 0.269. The summed E-state index contributed by atoms with van der Waals surface area (Å²) in [7, 11) is 9.62. The quantitative estimate of drug-likeness (QED) is 0.263. The predicted octanol–water partition coefficient (Wildman–Crippen LogP) is -1.88. The van der Waals surface area contributed by atoms with Crippen LogP contribution in [0.2, 0.25) is 0 Å². The first-order valence-corrected chi connectivity index (χ1v) is 13.3. The number of para-hydroxylation sites is 1. The molecule has 1 aliphatic rings. The third-order valence-corrected chi connectivity index (χ3v) is 7.40. The summed E-state index contributed by atoms with van der Waals surface area (Å²) in [5, 5.41) is 2.42. The van der Waals surface area contributed by atoms with Crippen LogP contribution in [0.5, 0.6) is 5.75 Å². The number of anilines is 2. The zero-order valence-electron chi connectivity index (χ0n) is 23.6. The molecule has 10 nitrogen and oxygen atoms in total. The summed E-state index contributed by atoms with van der Waals surface area (Å²) in [6.45, 7) is 3.11. The number of fused-ring (bicyclic) bond motifs is 1. The van der Waals surface area contributed by atoms with E-state index < -0.39 is 10.6 Å². The molecule has 0 saturated carbocycles. The first-order chi connectivity index (χ1) is 19.1. The number of nitrogens with zero attached hydrogens (tertiary/aromatic N) is 5. The molecular weight excluding hydrogens is 502 g/mol. The van der Waals surface area contributed by atoms with Gasteiger partial charge in [0.1, 0.15) is 54.2 Å². The van der Waals surface area contributed by atoms with Crippen molar-refractivity contribution in [2.45, 2.75) is 10.6 Å². The average molecular weight is 533 g/mol. The van der Waals surface area contributed by atoms with E-state index in [9.17, 15) is 4.79 Å². The normalized spacial score (nSPS) is 14.2. The molecule has 4 heterocycles. The summed E-state index contributed by atoms with van der Waals surface area (Å²) in [4.78, 5) is 34.0. The van der Waals surface area contributed by atoms with Crippen LogP contribution in [0, 0.1) is 0 Å². The molecule has 4 aromatic rings. The molecular formula is C26H31B4N7O3. The van der Waals surface area contributed by atoms with Crippen LogP contribution in [0.4, 0.5) is 11.8 Å². The largest absolute Gasteiger partial charge is 0.494 e. The Bertz CT molecular complexity index is 1550. The lowest BCUT2D eigenvalue weighted by molar-refractivity contribution is 0.0938. The van der Waals surface area contributed by atoms with Crippen molar-refractivity contribution in [3.63, 3.8) is 0 Å². The van der Waals surface area contributed by atoms with Gasteiger partial charge in [-0.1, -0.05) is 24.3 Å². The fourth-order valence-corrected chi connectivity index (χ4v) is 4.90. The summed E-state index contributed by atoms with van der Waals surface area (Å²) < 4.78 is 10.9. The van der Waals surface area contributed by atoms with E-state index in [1.807, 2.05) is 40.1 Å². The monoisotopic (exact) mass is 533 g/mol. The highest BCUT2D eigenvalue weighted by atomic mass is 16.5. The Morgan fingerprint density at radius 3 is 2.42 bits per heavy atom. The Morgan fingerprint density at radius 1 is 1.00 bits per heavy atom. The molecule has 0 atom stereocenters. The topological polar surface area (TPSA) is 128 Å². The molecule has 3 aromatic heterocycles. The number of methoxy groups -OCH3 is 1. The van der Waals surface area contributed by atoms with E-state index in [0.29, 0.717) is 35.6 Å². The van der Waals surface area contributed by atoms with Gasteiger partial charge in [0, 0.05) is 41.4 Å². The Hall–Kier alpha value is -4.05. The van der Waals surface area contributed by atoms with Crippen molar-refractivity contribution in [2.75, 3.05) is 44.0 Å². The van der Waals surface area contributed by atoms with E-state index >= 15 is 0 Å². The number of nitrogens with two attached hydrogens (primary N) is 1. The second-order valence-corrected chi connectivity index (χ2v) is 10.9. The highest BCUT2D eigenvalue weighted by Crippen LogP contribution is 2.28. The number of pyridine rings is 2. The number of aromatic nitrogens is 4. The summed E-state index contributed by atoms with van der Waals surface area (Å²) in [5.41, 5.74) is 9.25. The number of ether oxygens (including phenoxy) is 2. The summed E-state index contributed by atoms with van der Waals surface area (Å²) in [5.74, 6) is 1.08. The van der Waals surface area contributed by atoms with E-state index in [1.165, 1.54) is 0 Å². The van der Waals surface area contributed by atoms with Crippen LogP contribution in [0.3, 0.4) is 0 Å². The highest BCUT2D eigenvalue weighted by molar-refractivity contribution is 6.42. The highest BCUT2D eigenvalue weighted by Gasteiger charge is 2.31. The minimum Gasteiger partial charge on any atom is -0.494 e. The van der Waals surface area contributed by atoms with Crippen LogP contribution < -0.4 is 20.7 Å². The third kappa shape index (κ3) is 5.36. The molecule has 1 amide bonds. The van der Waals surface area contributed by atoms with Crippen molar-refractivity contribution in [1.82, 2.24) is 25.3 Å². The van der Waals surface area contributed by atoms with Crippen LogP contribution in [-0.4, -0.2) is 90.6 Å². The molecule has 40 heavy (non-hydrogen) atoms. The molecule has 0 spiro atoms. The zero-order chi connectivity index (χ0) is 28.5. The van der Waals surface area contributed by atoms with Crippen LogP contribution in [-0.2, 0) is 15.3 Å². The number of morpholine rings is 1.